The van der Waals surface area contributed by atoms with Gasteiger partial charge in [-0.15, -0.1) is 11.3 Å². The number of thiophene rings is 1. The summed E-state index contributed by atoms with van der Waals surface area (Å²) in [6.07, 6.45) is 0. The molecule has 1 aromatic carbocycles. The molecular formula is C19H22N4O2S. The Morgan fingerprint density at radius 2 is 1.92 bits per heavy atom. The summed E-state index contributed by atoms with van der Waals surface area (Å²) in [5.41, 5.74) is 1.88. The molecule has 3 aromatic rings. The van der Waals surface area contributed by atoms with Crippen LogP contribution in [0.15, 0.2) is 30.3 Å². The highest BCUT2D eigenvalue weighted by Crippen LogP contribution is 2.35. The summed E-state index contributed by atoms with van der Waals surface area (Å²) in [5.74, 6) is 0.918. The number of ether oxygens (including phenoxy) is 1. The first-order valence-electron chi connectivity index (χ1n) is 8.65. The van der Waals surface area contributed by atoms with Crippen molar-refractivity contribution in [2.24, 2.45) is 7.05 Å². The van der Waals surface area contributed by atoms with E-state index in [4.69, 9.17) is 4.74 Å². The van der Waals surface area contributed by atoms with Gasteiger partial charge in [0.25, 0.3) is 5.91 Å². The van der Waals surface area contributed by atoms with E-state index in [1.165, 1.54) is 11.3 Å². The molecule has 1 saturated heterocycles. The van der Waals surface area contributed by atoms with Crippen molar-refractivity contribution in [3.63, 3.8) is 0 Å². The van der Waals surface area contributed by atoms with E-state index < -0.39 is 0 Å². The molecular weight excluding hydrogens is 348 g/mol. The number of benzene rings is 1. The van der Waals surface area contributed by atoms with Gasteiger partial charge in [0.2, 0.25) is 0 Å². The molecule has 1 aliphatic heterocycles. The van der Waals surface area contributed by atoms with E-state index in [2.05, 4.69) is 17.0 Å². The van der Waals surface area contributed by atoms with Crippen LogP contribution >= 0.6 is 11.3 Å². The first-order chi connectivity index (χ1) is 12.6. The number of hydrogen-bond acceptors (Lipinski definition) is 5. The van der Waals surface area contributed by atoms with Crippen molar-refractivity contribution in [3.05, 3.63) is 35.2 Å². The first kappa shape index (κ1) is 17.1. The highest BCUT2D eigenvalue weighted by molar-refractivity contribution is 7.20. The van der Waals surface area contributed by atoms with E-state index in [-0.39, 0.29) is 5.91 Å². The zero-order valence-electron chi connectivity index (χ0n) is 15.2. The number of aromatic nitrogens is 2. The van der Waals surface area contributed by atoms with Crippen LogP contribution in [0.2, 0.25) is 0 Å². The van der Waals surface area contributed by atoms with E-state index in [0.29, 0.717) is 0 Å². The maximum atomic E-state index is 12.9. The second-order valence-electron chi connectivity index (χ2n) is 6.63. The average molecular weight is 370 g/mol. The zero-order chi connectivity index (χ0) is 18.3. The standard InChI is InChI=1S/C19H22N4O2S/c1-21-7-9-23(10-8-21)18(24)16-12-15-17(20-22(2)19(15)26-16)13-5-4-6-14(11-13)25-3/h4-6,11-12H,7-10H2,1-3H3. The predicted octanol–water partition coefficient (Wildman–Crippen LogP) is 2.70. The van der Waals surface area contributed by atoms with E-state index in [1.54, 1.807) is 7.11 Å². The van der Waals surface area contributed by atoms with Gasteiger partial charge in [-0.1, -0.05) is 12.1 Å². The number of nitrogens with zero attached hydrogens (tertiary/aromatic N) is 4. The summed E-state index contributed by atoms with van der Waals surface area (Å²) >= 11 is 1.52. The van der Waals surface area contributed by atoms with Crippen molar-refractivity contribution < 1.29 is 9.53 Å². The fourth-order valence-corrected chi connectivity index (χ4v) is 4.34. The topological polar surface area (TPSA) is 50.6 Å². The van der Waals surface area contributed by atoms with Crippen LogP contribution in [0, 0.1) is 0 Å². The van der Waals surface area contributed by atoms with Crippen LogP contribution in [-0.2, 0) is 7.05 Å². The third-order valence-electron chi connectivity index (χ3n) is 4.86. The number of fused-ring (bicyclic) bond motifs is 1. The van der Waals surface area contributed by atoms with Crippen LogP contribution in [0.1, 0.15) is 9.67 Å². The van der Waals surface area contributed by atoms with Gasteiger partial charge in [-0.3, -0.25) is 9.48 Å². The minimum Gasteiger partial charge on any atom is -0.497 e. The van der Waals surface area contributed by atoms with Gasteiger partial charge in [0, 0.05) is 44.2 Å². The lowest BCUT2D eigenvalue weighted by Crippen LogP contribution is -2.46. The Kier molecular flexibility index (Phi) is 4.42. The molecule has 0 saturated carbocycles. The summed E-state index contributed by atoms with van der Waals surface area (Å²) in [7, 11) is 5.67. The fraction of sp³-hybridized carbons (Fsp3) is 0.368. The third kappa shape index (κ3) is 2.97. The van der Waals surface area contributed by atoms with Crippen molar-refractivity contribution in [2.75, 3.05) is 40.3 Å². The molecule has 0 atom stereocenters. The molecule has 136 valence electrons. The van der Waals surface area contributed by atoms with E-state index in [9.17, 15) is 4.79 Å². The van der Waals surface area contributed by atoms with Crippen molar-refractivity contribution in [1.82, 2.24) is 19.6 Å². The van der Waals surface area contributed by atoms with Gasteiger partial charge in [-0.2, -0.15) is 5.10 Å². The van der Waals surface area contributed by atoms with E-state index in [1.807, 2.05) is 47.0 Å². The molecule has 4 rings (SSSR count). The summed E-state index contributed by atoms with van der Waals surface area (Å²) in [5, 5.41) is 5.68. The fourth-order valence-electron chi connectivity index (χ4n) is 3.30. The SMILES string of the molecule is COc1cccc(-c2nn(C)c3sc(C(=O)N4CCN(C)CC4)cc23)c1. The van der Waals surface area contributed by atoms with Crippen LogP contribution in [0.3, 0.4) is 0 Å². The molecule has 26 heavy (non-hydrogen) atoms. The van der Waals surface area contributed by atoms with Crippen molar-refractivity contribution >= 4 is 27.5 Å². The smallest absolute Gasteiger partial charge is 0.264 e. The Labute approximate surface area is 156 Å². The number of carbonyl (C=O) groups is 1. The number of piperazine rings is 1. The average Bonchev–Trinajstić information content (AvgIpc) is 3.22. The zero-order valence-corrected chi connectivity index (χ0v) is 16.0. The molecule has 0 aliphatic carbocycles. The van der Waals surface area contributed by atoms with Gasteiger partial charge in [0.1, 0.15) is 16.3 Å². The van der Waals surface area contributed by atoms with Gasteiger partial charge in [-0.25, -0.2) is 0 Å². The number of aryl methyl sites for hydroxylation is 1. The molecule has 7 heteroatoms. The van der Waals surface area contributed by atoms with Gasteiger partial charge in [0.15, 0.2) is 0 Å². The molecule has 0 unspecified atom stereocenters. The van der Waals surface area contributed by atoms with E-state index in [0.717, 1.165) is 58.3 Å². The molecule has 1 fully saturated rings. The van der Waals surface area contributed by atoms with Gasteiger partial charge < -0.3 is 14.5 Å². The molecule has 0 bridgehead atoms. The van der Waals surface area contributed by atoms with Crippen molar-refractivity contribution in [1.29, 1.82) is 0 Å². The largest absolute Gasteiger partial charge is 0.497 e. The van der Waals surface area contributed by atoms with Crippen LogP contribution < -0.4 is 4.74 Å². The first-order valence-corrected chi connectivity index (χ1v) is 9.47. The molecule has 0 radical (unpaired) electrons. The monoisotopic (exact) mass is 370 g/mol. The lowest BCUT2D eigenvalue weighted by molar-refractivity contribution is 0.0669. The number of amides is 1. The highest BCUT2D eigenvalue weighted by atomic mass is 32.1. The summed E-state index contributed by atoms with van der Waals surface area (Å²) in [6.45, 7) is 3.41. The highest BCUT2D eigenvalue weighted by Gasteiger charge is 2.24. The van der Waals surface area contributed by atoms with Crippen LogP contribution in [0.25, 0.3) is 21.5 Å². The van der Waals surface area contributed by atoms with Crippen molar-refractivity contribution in [3.8, 4) is 17.0 Å². The Bertz CT molecular complexity index is 954. The van der Waals surface area contributed by atoms with Crippen LogP contribution in [0.5, 0.6) is 5.75 Å². The third-order valence-corrected chi connectivity index (χ3v) is 6.05. The number of likely N-dealkylation sites (N-methyl/N-ethyl adjacent to an activating group) is 1. The quantitative estimate of drug-likeness (QED) is 0.711. The lowest BCUT2D eigenvalue weighted by Gasteiger charge is -2.32. The van der Waals surface area contributed by atoms with E-state index >= 15 is 0 Å². The molecule has 0 N–H and O–H groups in total. The maximum absolute atomic E-state index is 12.9. The Balaban J connectivity index is 1.70. The Hall–Kier alpha value is -2.38. The van der Waals surface area contributed by atoms with Crippen LogP contribution in [0.4, 0.5) is 0 Å². The second kappa shape index (κ2) is 6.74. The van der Waals surface area contributed by atoms with Crippen LogP contribution in [-0.4, -0.2) is 65.8 Å². The minimum atomic E-state index is 0.121. The molecule has 3 heterocycles. The molecule has 6 nitrogen and oxygen atoms in total. The molecule has 1 aliphatic rings. The Morgan fingerprint density at radius 1 is 1.15 bits per heavy atom. The molecule has 0 spiro atoms. The second-order valence-corrected chi connectivity index (χ2v) is 7.66. The summed E-state index contributed by atoms with van der Waals surface area (Å²) < 4.78 is 7.19. The molecule has 1 amide bonds. The maximum Gasteiger partial charge on any atom is 0.264 e. The van der Waals surface area contributed by atoms with Crippen molar-refractivity contribution in [2.45, 2.75) is 0 Å². The number of methoxy groups -OCH3 is 1. The summed E-state index contributed by atoms with van der Waals surface area (Å²) in [6, 6.07) is 9.85. The number of carbonyl (C=O) groups excluding carboxylic acids is 1. The van der Waals surface area contributed by atoms with Gasteiger partial charge >= 0.3 is 0 Å². The summed E-state index contributed by atoms with van der Waals surface area (Å²) in [4.78, 5) is 18.9. The number of hydrogen-bond donors (Lipinski definition) is 0. The minimum absolute atomic E-state index is 0.121. The van der Waals surface area contributed by atoms with Gasteiger partial charge in [0.05, 0.1) is 12.0 Å². The normalized spacial score (nSPS) is 15.6. The Morgan fingerprint density at radius 3 is 2.65 bits per heavy atom. The van der Waals surface area contributed by atoms with Gasteiger partial charge in [-0.05, 0) is 25.2 Å². The predicted molar refractivity (Wildman–Crippen MR) is 104 cm³/mol. The molecule has 2 aromatic heterocycles. The lowest BCUT2D eigenvalue weighted by atomic mass is 10.1. The number of rotatable bonds is 3.